The summed E-state index contributed by atoms with van der Waals surface area (Å²) in [6, 6.07) is -0.852. The van der Waals surface area contributed by atoms with Gasteiger partial charge in [0.2, 0.25) is 5.91 Å². The summed E-state index contributed by atoms with van der Waals surface area (Å²) >= 11 is 3.02. The smallest absolute Gasteiger partial charge is 0.318 e. The van der Waals surface area contributed by atoms with Crippen LogP contribution in [0.25, 0.3) is 10.2 Å². The van der Waals surface area contributed by atoms with Crippen LogP contribution in [0.2, 0.25) is 0 Å². The molecule has 0 fully saturated rings. The highest BCUT2D eigenvalue weighted by molar-refractivity contribution is 7.99. The third-order valence-electron chi connectivity index (χ3n) is 4.85. The van der Waals surface area contributed by atoms with Crippen molar-refractivity contribution in [3.05, 3.63) is 20.8 Å². The zero-order chi connectivity index (χ0) is 20.1. The molecule has 152 valence electrons. The SMILES string of the molecule is CCCCCn1c(SCCC(=O)NC(N)=O)nc2sc3c(c2c1=O)CCCC3. The van der Waals surface area contributed by atoms with E-state index in [1.54, 1.807) is 15.9 Å². The van der Waals surface area contributed by atoms with Crippen molar-refractivity contribution in [1.29, 1.82) is 0 Å². The van der Waals surface area contributed by atoms with Crippen molar-refractivity contribution in [3.63, 3.8) is 0 Å². The van der Waals surface area contributed by atoms with Gasteiger partial charge in [0.05, 0.1) is 5.39 Å². The Morgan fingerprint density at radius 2 is 2.07 bits per heavy atom. The fraction of sp³-hybridized carbons (Fsp3) is 0.579. The molecule has 1 aliphatic rings. The number of urea groups is 1. The highest BCUT2D eigenvalue weighted by Gasteiger charge is 2.22. The lowest BCUT2D eigenvalue weighted by molar-refractivity contribution is -0.119. The number of nitrogens with zero attached hydrogens (tertiary/aromatic N) is 2. The van der Waals surface area contributed by atoms with E-state index >= 15 is 0 Å². The minimum atomic E-state index is -0.852. The van der Waals surface area contributed by atoms with Gasteiger partial charge in [0.1, 0.15) is 4.83 Å². The Labute approximate surface area is 172 Å². The molecule has 3 rings (SSSR count). The molecule has 0 atom stereocenters. The molecule has 0 unspecified atom stereocenters. The molecular formula is C19H26N4O3S2. The van der Waals surface area contributed by atoms with Crippen LogP contribution in [0.15, 0.2) is 9.95 Å². The zero-order valence-corrected chi connectivity index (χ0v) is 17.7. The fourth-order valence-electron chi connectivity index (χ4n) is 3.48. The average Bonchev–Trinajstić information content (AvgIpc) is 3.02. The van der Waals surface area contributed by atoms with E-state index in [2.05, 4.69) is 12.2 Å². The summed E-state index contributed by atoms with van der Waals surface area (Å²) < 4.78 is 1.77. The zero-order valence-electron chi connectivity index (χ0n) is 16.1. The predicted octanol–water partition coefficient (Wildman–Crippen LogP) is 3.20. The summed E-state index contributed by atoms with van der Waals surface area (Å²) in [5.74, 6) is 0.00295. The van der Waals surface area contributed by atoms with Crippen LogP contribution >= 0.6 is 23.1 Å². The molecule has 28 heavy (non-hydrogen) atoms. The van der Waals surface area contributed by atoms with Crippen LogP contribution in [0.1, 0.15) is 55.9 Å². The number of aryl methyl sites for hydroxylation is 2. The first-order valence-corrected chi connectivity index (χ1v) is 11.6. The largest absolute Gasteiger partial charge is 0.351 e. The first-order valence-electron chi connectivity index (χ1n) is 9.78. The summed E-state index contributed by atoms with van der Waals surface area (Å²) in [5.41, 5.74) is 6.21. The Balaban J connectivity index is 1.88. The van der Waals surface area contributed by atoms with E-state index in [-0.39, 0.29) is 12.0 Å². The monoisotopic (exact) mass is 422 g/mol. The van der Waals surface area contributed by atoms with Crippen LogP contribution in [-0.2, 0) is 24.2 Å². The highest BCUT2D eigenvalue weighted by Crippen LogP contribution is 2.34. The van der Waals surface area contributed by atoms with Gasteiger partial charge >= 0.3 is 6.03 Å². The van der Waals surface area contributed by atoms with Crippen LogP contribution in [0.3, 0.4) is 0 Å². The Bertz CT molecular complexity index is 935. The number of thiophene rings is 1. The summed E-state index contributed by atoms with van der Waals surface area (Å²) in [6.07, 6.45) is 7.47. The van der Waals surface area contributed by atoms with E-state index in [1.807, 2.05) is 0 Å². The van der Waals surface area contributed by atoms with Crippen LogP contribution < -0.4 is 16.6 Å². The van der Waals surface area contributed by atoms with E-state index in [1.165, 1.54) is 28.6 Å². The quantitative estimate of drug-likeness (QED) is 0.386. The molecule has 1 aliphatic carbocycles. The Morgan fingerprint density at radius 1 is 1.29 bits per heavy atom. The second-order valence-corrected chi connectivity index (χ2v) is 9.11. The number of nitrogens with one attached hydrogen (secondary N) is 1. The number of imide groups is 1. The van der Waals surface area contributed by atoms with Gasteiger partial charge in [-0.1, -0.05) is 31.5 Å². The van der Waals surface area contributed by atoms with Gasteiger partial charge in [-0.25, -0.2) is 9.78 Å². The van der Waals surface area contributed by atoms with Crippen LogP contribution in [0.5, 0.6) is 0 Å². The van der Waals surface area contributed by atoms with Gasteiger partial charge in [0, 0.05) is 23.6 Å². The van der Waals surface area contributed by atoms with Crippen molar-refractivity contribution < 1.29 is 9.59 Å². The third-order valence-corrected chi connectivity index (χ3v) is 7.01. The number of thioether (sulfide) groups is 1. The number of rotatable bonds is 8. The van der Waals surface area contributed by atoms with Gasteiger partial charge in [-0.2, -0.15) is 0 Å². The van der Waals surface area contributed by atoms with Crippen LogP contribution in [-0.4, -0.2) is 27.2 Å². The molecule has 0 saturated carbocycles. The molecule has 0 aliphatic heterocycles. The number of carbonyl (C=O) groups is 2. The highest BCUT2D eigenvalue weighted by atomic mass is 32.2. The molecule has 0 bridgehead atoms. The molecule has 0 saturated heterocycles. The normalized spacial score (nSPS) is 13.5. The molecule has 3 amide bonds. The molecule has 0 radical (unpaired) electrons. The van der Waals surface area contributed by atoms with Crippen molar-refractivity contribution in [2.24, 2.45) is 5.73 Å². The predicted molar refractivity (Wildman–Crippen MR) is 113 cm³/mol. The van der Waals surface area contributed by atoms with Gasteiger partial charge in [-0.15, -0.1) is 11.3 Å². The molecule has 3 N–H and O–H groups in total. The number of unbranched alkanes of at least 4 members (excludes halogenated alkanes) is 2. The van der Waals surface area contributed by atoms with E-state index in [9.17, 15) is 14.4 Å². The second-order valence-electron chi connectivity index (χ2n) is 6.96. The number of fused-ring (bicyclic) bond motifs is 3. The lowest BCUT2D eigenvalue weighted by atomic mass is 9.97. The lowest BCUT2D eigenvalue weighted by Gasteiger charge is -2.13. The Hall–Kier alpha value is -1.87. The molecule has 2 aromatic heterocycles. The molecular weight excluding hydrogens is 396 g/mol. The van der Waals surface area contributed by atoms with Crippen molar-refractivity contribution in [2.45, 2.75) is 70.0 Å². The van der Waals surface area contributed by atoms with Gasteiger partial charge in [-0.3, -0.25) is 19.5 Å². The van der Waals surface area contributed by atoms with Crippen molar-refractivity contribution in [1.82, 2.24) is 14.9 Å². The van der Waals surface area contributed by atoms with Gasteiger partial charge in [-0.05, 0) is 37.7 Å². The number of hydrogen-bond donors (Lipinski definition) is 2. The third kappa shape index (κ3) is 4.75. The minimum Gasteiger partial charge on any atom is -0.351 e. The molecule has 2 aromatic rings. The Kier molecular flexibility index (Phi) is 7.12. The fourth-order valence-corrected chi connectivity index (χ4v) is 5.75. The van der Waals surface area contributed by atoms with E-state index < -0.39 is 11.9 Å². The van der Waals surface area contributed by atoms with E-state index in [0.29, 0.717) is 17.5 Å². The summed E-state index contributed by atoms with van der Waals surface area (Å²) in [5, 5.41) is 3.51. The number of aromatic nitrogens is 2. The molecule has 9 heteroatoms. The Morgan fingerprint density at radius 3 is 2.82 bits per heavy atom. The van der Waals surface area contributed by atoms with Crippen molar-refractivity contribution >= 4 is 45.3 Å². The van der Waals surface area contributed by atoms with Crippen LogP contribution in [0, 0.1) is 0 Å². The van der Waals surface area contributed by atoms with Gasteiger partial charge in [0.15, 0.2) is 5.16 Å². The number of primary amides is 1. The van der Waals surface area contributed by atoms with Gasteiger partial charge < -0.3 is 5.73 Å². The minimum absolute atomic E-state index is 0.0459. The second kappa shape index (κ2) is 9.56. The standard InChI is InChI=1S/C19H26N4O3S2/c1-2-3-6-10-23-17(25)15-12-7-4-5-8-13(12)28-16(15)22-19(23)27-11-9-14(24)21-18(20)26/h2-11H2,1H3,(H3,20,21,24,26). The molecule has 0 spiro atoms. The first kappa shape index (κ1) is 20.9. The molecule has 2 heterocycles. The van der Waals surface area contributed by atoms with E-state index in [4.69, 9.17) is 10.7 Å². The summed E-state index contributed by atoms with van der Waals surface area (Å²) in [6.45, 7) is 2.77. The van der Waals surface area contributed by atoms with Crippen molar-refractivity contribution in [3.8, 4) is 0 Å². The number of nitrogens with two attached hydrogens (primary N) is 1. The maximum atomic E-state index is 13.3. The number of carbonyl (C=O) groups excluding carboxylic acids is 2. The number of amides is 3. The topological polar surface area (TPSA) is 107 Å². The van der Waals surface area contributed by atoms with Crippen molar-refractivity contribution in [2.75, 3.05) is 5.75 Å². The molecule has 0 aromatic carbocycles. The maximum Gasteiger partial charge on any atom is 0.318 e. The molecule has 7 nitrogen and oxygen atoms in total. The van der Waals surface area contributed by atoms with E-state index in [0.717, 1.165) is 48.7 Å². The maximum absolute atomic E-state index is 13.3. The average molecular weight is 423 g/mol. The summed E-state index contributed by atoms with van der Waals surface area (Å²) in [4.78, 5) is 42.6. The van der Waals surface area contributed by atoms with Crippen LogP contribution in [0.4, 0.5) is 4.79 Å². The first-order chi connectivity index (χ1) is 13.5. The lowest BCUT2D eigenvalue weighted by Crippen LogP contribution is -2.35. The van der Waals surface area contributed by atoms with Gasteiger partial charge in [0.25, 0.3) is 5.56 Å². The number of hydrogen-bond acceptors (Lipinski definition) is 6. The summed E-state index contributed by atoms with van der Waals surface area (Å²) in [7, 11) is 0.